The molecular formula is C33H38N6O3. The molecule has 0 spiro atoms. The van der Waals surface area contributed by atoms with Crippen LogP contribution < -0.4 is 24.6 Å². The molecule has 9 heteroatoms. The standard InChI is InChI=1S/C33H38N6O3/c1-36-33-26(21-34-36)23-39(31-7-5-4-6-30(31)35-33)32(40)13-10-24-8-11-27(12-9-24)38-16-14-37(15-17-38)22-25-18-28(41-2)20-29(19-25)42-3/h4-9,11-12,18-21,35H,10,13-17,22-23H2,1-3H3. The van der Waals surface area contributed by atoms with E-state index in [1.165, 1.54) is 16.8 Å². The predicted octanol–water partition coefficient (Wildman–Crippen LogP) is 4.98. The van der Waals surface area contributed by atoms with Crippen molar-refractivity contribution in [2.45, 2.75) is 25.9 Å². The molecule has 2 aliphatic heterocycles. The number of nitrogens with zero attached hydrogens (tertiary/aromatic N) is 5. The van der Waals surface area contributed by atoms with Gasteiger partial charge in [0.2, 0.25) is 5.91 Å². The van der Waals surface area contributed by atoms with Crippen LogP contribution in [0.2, 0.25) is 0 Å². The molecule has 3 aromatic carbocycles. The van der Waals surface area contributed by atoms with Gasteiger partial charge in [0.05, 0.1) is 38.3 Å². The Morgan fingerprint density at radius 3 is 2.33 bits per heavy atom. The Balaban J connectivity index is 1.04. The van der Waals surface area contributed by atoms with Crippen molar-refractivity contribution in [2.75, 3.05) is 55.5 Å². The molecule has 0 aliphatic carbocycles. The number of hydrogen-bond acceptors (Lipinski definition) is 7. The minimum atomic E-state index is 0.106. The van der Waals surface area contributed by atoms with Gasteiger partial charge in [0, 0.05) is 63.5 Å². The van der Waals surface area contributed by atoms with Gasteiger partial charge in [-0.3, -0.25) is 14.4 Å². The molecular weight excluding hydrogens is 528 g/mol. The second-order valence-electron chi connectivity index (χ2n) is 10.9. The van der Waals surface area contributed by atoms with Crippen LogP contribution in [0.3, 0.4) is 0 Å². The highest BCUT2D eigenvalue weighted by Crippen LogP contribution is 2.35. The fourth-order valence-corrected chi connectivity index (χ4v) is 5.82. The third-order valence-corrected chi connectivity index (χ3v) is 8.21. The molecule has 218 valence electrons. The summed E-state index contributed by atoms with van der Waals surface area (Å²) in [5.74, 6) is 2.67. The number of aromatic nitrogens is 2. The lowest BCUT2D eigenvalue weighted by molar-refractivity contribution is -0.118. The number of piperazine rings is 1. The monoisotopic (exact) mass is 566 g/mol. The molecule has 1 fully saturated rings. The normalized spacial score (nSPS) is 14.9. The second kappa shape index (κ2) is 12.2. The van der Waals surface area contributed by atoms with Crippen molar-refractivity contribution in [2.24, 2.45) is 7.05 Å². The summed E-state index contributed by atoms with van der Waals surface area (Å²) in [5, 5.41) is 7.84. The van der Waals surface area contributed by atoms with Crippen LogP contribution in [0.1, 0.15) is 23.1 Å². The largest absolute Gasteiger partial charge is 0.497 e. The summed E-state index contributed by atoms with van der Waals surface area (Å²) in [6, 6.07) is 22.7. The average molecular weight is 567 g/mol. The van der Waals surface area contributed by atoms with Crippen molar-refractivity contribution in [1.29, 1.82) is 0 Å². The topological polar surface area (TPSA) is 75.1 Å². The van der Waals surface area contributed by atoms with Crippen molar-refractivity contribution < 1.29 is 14.3 Å². The van der Waals surface area contributed by atoms with Gasteiger partial charge in [-0.05, 0) is 53.9 Å². The third-order valence-electron chi connectivity index (χ3n) is 8.21. The van der Waals surface area contributed by atoms with E-state index < -0.39 is 0 Å². The van der Waals surface area contributed by atoms with E-state index in [0.29, 0.717) is 19.4 Å². The first kappa shape index (κ1) is 27.7. The highest BCUT2D eigenvalue weighted by molar-refractivity contribution is 5.98. The minimum Gasteiger partial charge on any atom is -0.497 e. The van der Waals surface area contributed by atoms with Crippen molar-refractivity contribution in [3.05, 3.63) is 89.6 Å². The van der Waals surface area contributed by atoms with E-state index in [1.807, 2.05) is 53.2 Å². The molecule has 9 nitrogen and oxygen atoms in total. The summed E-state index contributed by atoms with van der Waals surface area (Å²) in [5.41, 5.74) is 6.42. The Hall–Kier alpha value is -4.50. The molecule has 4 aromatic rings. The Morgan fingerprint density at radius 1 is 0.905 bits per heavy atom. The quantitative estimate of drug-likeness (QED) is 0.322. The van der Waals surface area contributed by atoms with Gasteiger partial charge < -0.3 is 24.6 Å². The van der Waals surface area contributed by atoms with E-state index in [2.05, 4.69) is 56.6 Å². The number of nitrogens with one attached hydrogen (secondary N) is 1. The lowest BCUT2D eigenvalue weighted by Crippen LogP contribution is -2.45. The number of methoxy groups -OCH3 is 2. The maximum Gasteiger partial charge on any atom is 0.227 e. The molecule has 0 bridgehead atoms. The summed E-state index contributed by atoms with van der Waals surface area (Å²) in [7, 11) is 5.28. The zero-order valence-corrected chi connectivity index (χ0v) is 24.5. The fourth-order valence-electron chi connectivity index (χ4n) is 5.82. The number of aryl methyl sites for hydroxylation is 2. The lowest BCUT2D eigenvalue weighted by Gasteiger charge is -2.36. The van der Waals surface area contributed by atoms with Crippen molar-refractivity contribution >= 4 is 28.8 Å². The molecule has 1 amide bonds. The maximum atomic E-state index is 13.5. The van der Waals surface area contributed by atoms with Gasteiger partial charge >= 0.3 is 0 Å². The fraction of sp³-hybridized carbons (Fsp3) is 0.333. The molecule has 1 aromatic heterocycles. The number of benzene rings is 3. The number of fused-ring (bicyclic) bond motifs is 2. The molecule has 6 rings (SSSR count). The Bertz CT molecular complexity index is 1520. The van der Waals surface area contributed by atoms with E-state index in [0.717, 1.165) is 67.0 Å². The van der Waals surface area contributed by atoms with Gasteiger partial charge in [-0.15, -0.1) is 0 Å². The smallest absolute Gasteiger partial charge is 0.227 e. The Labute approximate surface area is 247 Å². The summed E-state index contributed by atoms with van der Waals surface area (Å²) in [6.07, 6.45) is 2.98. The van der Waals surface area contributed by atoms with Crippen molar-refractivity contribution in [1.82, 2.24) is 14.7 Å². The Kier molecular flexibility index (Phi) is 8.01. The number of carbonyl (C=O) groups excluding carboxylic acids is 1. The molecule has 0 saturated carbocycles. The van der Waals surface area contributed by atoms with E-state index in [1.54, 1.807) is 14.2 Å². The van der Waals surface area contributed by atoms with E-state index in [-0.39, 0.29) is 5.91 Å². The first-order chi connectivity index (χ1) is 20.5. The van der Waals surface area contributed by atoms with Crippen molar-refractivity contribution in [3.8, 4) is 11.5 Å². The van der Waals surface area contributed by atoms with Gasteiger partial charge in [-0.25, -0.2) is 0 Å². The molecule has 1 saturated heterocycles. The zero-order chi connectivity index (χ0) is 29.1. The van der Waals surface area contributed by atoms with E-state index in [4.69, 9.17) is 9.47 Å². The summed E-state index contributed by atoms with van der Waals surface area (Å²) in [4.78, 5) is 20.3. The van der Waals surface area contributed by atoms with Crippen LogP contribution in [0.4, 0.5) is 22.9 Å². The molecule has 0 unspecified atom stereocenters. The highest BCUT2D eigenvalue weighted by Gasteiger charge is 2.25. The first-order valence-corrected chi connectivity index (χ1v) is 14.5. The minimum absolute atomic E-state index is 0.106. The summed E-state index contributed by atoms with van der Waals surface area (Å²) < 4.78 is 12.7. The number of carbonyl (C=O) groups is 1. The van der Waals surface area contributed by atoms with Gasteiger partial charge in [0.25, 0.3) is 0 Å². The number of hydrogen-bond donors (Lipinski definition) is 1. The third kappa shape index (κ3) is 5.92. The number of ether oxygens (including phenoxy) is 2. The van der Waals surface area contributed by atoms with Gasteiger partial charge in [-0.2, -0.15) is 5.10 Å². The second-order valence-corrected chi connectivity index (χ2v) is 10.9. The molecule has 42 heavy (non-hydrogen) atoms. The van der Waals surface area contributed by atoms with Crippen LogP contribution in [0, 0.1) is 0 Å². The van der Waals surface area contributed by atoms with E-state index in [9.17, 15) is 4.79 Å². The molecule has 0 atom stereocenters. The summed E-state index contributed by atoms with van der Waals surface area (Å²) >= 11 is 0. The van der Waals surface area contributed by atoms with Crippen molar-refractivity contribution in [3.63, 3.8) is 0 Å². The van der Waals surface area contributed by atoms with Crippen LogP contribution >= 0.6 is 0 Å². The predicted molar refractivity (Wildman–Crippen MR) is 166 cm³/mol. The SMILES string of the molecule is COc1cc(CN2CCN(c3ccc(CCC(=O)N4Cc5cnn(C)c5Nc5ccccc54)cc3)CC2)cc(OC)c1. The van der Waals surface area contributed by atoms with Gasteiger partial charge in [0.15, 0.2) is 0 Å². The average Bonchev–Trinajstić information content (AvgIpc) is 3.27. The Morgan fingerprint density at radius 2 is 1.62 bits per heavy atom. The van der Waals surface area contributed by atoms with Gasteiger partial charge in [0.1, 0.15) is 17.3 Å². The highest BCUT2D eigenvalue weighted by atomic mass is 16.5. The maximum absolute atomic E-state index is 13.5. The molecule has 0 radical (unpaired) electrons. The van der Waals surface area contributed by atoms with Crippen LogP contribution in [0.15, 0.2) is 72.9 Å². The lowest BCUT2D eigenvalue weighted by atomic mass is 10.1. The van der Waals surface area contributed by atoms with Gasteiger partial charge in [-0.1, -0.05) is 24.3 Å². The first-order valence-electron chi connectivity index (χ1n) is 14.5. The molecule has 3 heterocycles. The molecule has 1 N–H and O–H groups in total. The van der Waals surface area contributed by atoms with E-state index >= 15 is 0 Å². The number of anilines is 4. The van der Waals surface area contributed by atoms with Crippen LogP contribution in [-0.4, -0.2) is 61.0 Å². The van der Waals surface area contributed by atoms with Crippen LogP contribution in [-0.2, 0) is 31.4 Å². The number of rotatable bonds is 8. The van der Waals surface area contributed by atoms with Crippen LogP contribution in [0.5, 0.6) is 11.5 Å². The number of amides is 1. The zero-order valence-electron chi connectivity index (χ0n) is 24.5. The molecule has 2 aliphatic rings. The van der Waals surface area contributed by atoms with Crippen LogP contribution in [0.25, 0.3) is 0 Å². The summed E-state index contributed by atoms with van der Waals surface area (Å²) in [6.45, 7) is 5.28. The number of para-hydroxylation sites is 2.